The molecule has 0 bridgehead atoms. The zero-order valence-corrected chi connectivity index (χ0v) is 13.5. The molecule has 0 aliphatic rings. The van der Waals surface area contributed by atoms with E-state index in [2.05, 4.69) is 30.6 Å². The molecule has 2 unspecified atom stereocenters. The van der Waals surface area contributed by atoms with Gasteiger partial charge in [0.05, 0.1) is 7.11 Å². The lowest BCUT2D eigenvalue weighted by Gasteiger charge is -2.09. The van der Waals surface area contributed by atoms with Crippen LogP contribution in [0.1, 0.15) is 49.8 Å². The molecule has 0 aliphatic carbocycles. The lowest BCUT2D eigenvalue weighted by Crippen LogP contribution is -2.01. The van der Waals surface area contributed by atoms with E-state index >= 15 is 0 Å². The Kier molecular flexibility index (Phi) is 8.15. The number of hydrogen-bond donors (Lipinski definition) is 2. The second-order valence-electron chi connectivity index (χ2n) is 5.18. The van der Waals surface area contributed by atoms with E-state index in [9.17, 15) is 10.2 Å². The summed E-state index contributed by atoms with van der Waals surface area (Å²) in [5.41, 5.74) is 1.65. The summed E-state index contributed by atoms with van der Waals surface area (Å²) in [5.74, 6) is 11.3. The number of rotatable bonds is 6. The predicted octanol–water partition coefficient (Wildman–Crippen LogP) is 2.99. The van der Waals surface area contributed by atoms with E-state index in [1.54, 1.807) is 19.2 Å². The van der Waals surface area contributed by atoms with Crippen molar-refractivity contribution >= 4 is 0 Å². The van der Waals surface area contributed by atoms with E-state index in [1.165, 1.54) is 0 Å². The number of hydrogen-bond acceptors (Lipinski definition) is 3. The Hall–Kier alpha value is -1.94. The van der Waals surface area contributed by atoms with Gasteiger partial charge in [0.2, 0.25) is 0 Å². The predicted molar refractivity (Wildman–Crippen MR) is 88.4 cm³/mol. The van der Waals surface area contributed by atoms with Crippen LogP contribution in [0.4, 0.5) is 0 Å². The Morgan fingerprint density at radius 3 is 2.50 bits per heavy atom. The first kappa shape index (κ1) is 18.1. The summed E-state index contributed by atoms with van der Waals surface area (Å²) in [6.45, 7) is 4.01. The quantitative estimate of drug-likeness (QED) is 0.627. The zero-order chi connectivity index (χ0) is 16.4. The SMILES string of the molecule is CCCCCC(O)C#CC#CC(O)c1ccc(OC)cc1C. The van der Waals surface area contributed by atoms with Crippen LogP contribution in [0.3, 0.4) is 0 Å². The minimum absolute atomic E-state index is 0.638. The number of benzene rings is 1. The maximum atomic E-state index is 10.1. The molecule has 0 aliphatic heterocycles. The average Bonchev–Trinajstić information content (AvgIpc) is 2.51. The standard InChI is InChI=1S/C19H24O3/c1-4-5-6-9-16(20)10-7-8-11-19(21)18-13-12-17(22-3)14-15(18)2/h12-14,16,19-21H,4-6,9H2,1-3H3. The van der Waals surface area contributed by atoms with Crippen LogP contribution >= 0.6 is 0 Å². The number of aryl methyl sites for hydroxylation is 1. The van der Waals surface area contributed by atoms with Gasteiger partial charge in [0.25, 0.3) is 0 Å². The van der Waals surface area contributed by atoms with Crippen LogP contribution in [0, 0.1) is 30.6 Å². The molecule has 0 radical (unpaired) electrons. The van der Waals surface area contributed by atoms with Gasteiger partial charge in [-0.15, -0.1) is 0 Å². The smallest absolute Gasteiger partial charge is 0.141 e. The van der Waals surface area contributed by atoms with Crippen molar-refractivity contribution < 1.29 is 14.9 Å². The molecule has 3 nitrogen and oxygen atoms in total. The highest BCUT2D eigenvalue weighted by Gasteiger charge is 2.07. The fraction of sp³-hybridized carbons (Fsp3) is 0.474. The maximum absolute atomic E-state index is 10.1. The Labute approximate surface area is 133 Å². The van der Waals surface area contributed by atoms with Gasteiger partial charge in [-0.2, -0.15) is 0 Å². The first-order chi connectivity index (χ1) is 10.6. The summed E-state index contributed by atoms with van der Waals surface area (Å²) in [6, 6.07) is 5.43. The third kappa shape index (κ3) is 6.22. The minimum Gasteiger partial charge on any atom is -0.497 e. The van der Waals surface area contributed by atoms with E-state index in [4.69, 9.17) is 4.74 Å². The van der Waals surface area contributed by atoms with Crippen LogP contribution < -0.4 is 4.74 Å². The minimum atomic E-state index is -0.891. The number of unbranched alkanes of at least 4 members (excludes halogenated alkanes) is 2. The van der Waals surface area contributed by atoms with Gasteiger partial charge in [0, 0.05) is 0 Å². The molecule has 1 rings (SSSR count). The summed E-state index contributed by atoms with van der Waals surface area (Å²) in [6.07, 6.45) is 2.32. The van der Waals surface area contributed by atoms with Crippen molar-refractivity contribution in [3.05, 3.63) is 29.3 Å². The highest BCUT2D eigenvalue weighted by Crippen LogP contribution is 2.21. The first-order valence-corrected chi connectivity index (χ1v) is 7.60. The topological polar surface area (TPSA) is 49.7 Å². The van der Waals surface area contributed by atoms with Gasteiger partial charge in [-0.3, -0.25) is 0 Å². The number of ether oxygens (including phenoxy) is 1. The fourth-order valence-electron chi connectivity index (χ4n) is 2.04. The molecule has 0 fully saturated rings. The number of aliphatic hydroxyl groups is 2. The molecule has 118 valence electrons. The van der Waals surface area contributed by atoms with Gasteiger partial charge < -0.3 is 14.9 Å². The van der Waals surface area contributed by atoms with Gasteiger partial charge in [0.15, 0.2) is 0 Å². The second-order valence-corrected chi connectivity index (χ2v) is 5.18. The normalized spacial score (nSPS) is 12.4. The lowest BCUT2D eigenvalue weighted by molar-refractivity contribution is 0.217. The molecular formula is C19H24O3. The van der Waals surface area contributed by atoms with Crippen LogP contribution in [0.25, 0.3) is 0 Å². The Balaban J connectivity index is 2.61. The molecule has 22 heavy (non-hydrogen) atoms. The van der Waals surface area contributed by atoms with E-state index in [1.807, 2.05) is 13.0 Å². The average molecular weight is 300 g/mol. The summed E-state index contributed by atoms with van der Waals surface area (Å²) in [4.78, 5) is 0. The molecule has 2 atom stereocenters. The van der Waals surface area contributed by atoms with Crippen molar-refractivity contribution in [1.29, 1.82) is 0 Å². The molecule has 0 saturated heterocycles. The highest BCUT2D eigenvalue weighted by atomic mass is 16.5. The molecule has 1 aromatic rings. The molecule has 1 aromatic carbocycles. The van der Waals surface area contributed by atoms with Crippen molar-refractivity contribution in [2.45, 2.75) is 51.7 Å². The van der Waals surface area contributed by atoms with Crippen molar-refractivity contribution in [2.24, 2.45) is 0 Å². The van der Waals surface area contributed by atoms with Crippen LogP contribution in [-0.4, -0.2) is 23.4 Å². The molecular weight excluding hydrogens is 276 g/mol. The maximum Gasteiger partial charge on any atom is 0.141 e. The van der Waals surface area contributed by atoms with Crippen LogP contribution in [0.2, 0.25) is 0 Å². The summed E-state index contributed by atoms with van der Waals surface area (Å²) >= 11 is 0. The first-order valence-electron chi connectivity index (χ1n) is 7.60. The summed E-state index contributed by atoms with van der Waals surface area (Å²) < 4.78 is 5.13. The second kappa shape index (κ2) is 9.90. The lowest BCUT2D eigenvalue weighted by atomic mass is 10.0. The number of methoxy groups -OCH3 is 1. The molecule has 0 saturated carbocycles. The van der Waals surface area contributed by atoms with Crippen molar-refractivity contribution in [1.82, 2.24) is 0 Å². The third-order valence-corrected chi connectivity index (χ3v) is 3.36. The molecule has 0 spiro atoms. The molecule has 0 aromatic heterocycles. The Bertz CT molecular complexity index is 584. The fourth-order valence-corrected chi connectivity index (χ4v) is 2.04. The van der Waals surface area contributed by atoms with E-state index < -0.39 is 12.2 Å². The van der Waals surface area contributed by atoms with Crippen molar-refractivity contribution in [3.8, 4) is 29.4 Å². The van der Waals surface area contributed by atoms with Crippen molar-refractivity contribution in [2.75, 3.05) is 7.11 Å². The van der Waals surface area contributed by atoms with Crippen LogP contribution in [-0.2, 0) is 0 Å². The van der Waals surface area contributed by atoms with Crippen molar-refractivity contribution in [3.63, 3.8) is 0 Å². The largest absolute Gasteiger partial charge is 0.497 e. The van der Waals surface area contributed by atoms with Gasteiger partial charge in [0.1, 0.15) is 18.0 Å². The van der Waals surface area contributed by atoms with Crippen LogP contribution in [0.15, 0.2) is 18.2 Å². The van der Waals surface area contributed by atoms with Gasteiger partial charge in [-0.25, -0.2) is 0 Å². The molecule has 0 amide bonds. The Morgan fingerprint density at radius 2 is 1.86 bits per heavy atom. The molecule has 3 heteroatoms. The van der Waals surface area contributed by atoms with E-state index in [0.717, 1.165) is 36.1 Å². The highest BCUT2D eigenvalue weighted by molar-refractivity contribution is 5.40. The van der Waals surface area contributed by atoms with E-state index in [0.29, 0.717) is 6.42 Å². The monoisotopic (exact) mass is 300 g/mol. The van der Waals surface area contributed by atoms with Gasteiger partial charge in [-0.05, 0) is 54.9 Å². The zero-order valence-electron chi connectivity index (χ0n) is 13.5. The Morgan fingerprint density at radius 1 is 1.14 bits per heavy atom. The third-order valence-electron chi connectivity index (χ3n) is 3.36. The van der Waals surface area contributed by atoms with Gasteiger partial charge >= 0.3 is 0 Å². The summed E-state index contributed by atoms with van der Waals surface area (Å²) in [7, 11) is 1.60. The molecule has 2 N–H and O–H groups in total. The van der Waals surface area contributed by atoms with Crippen LogP contribution in [0.5, 0.6) is 5.75 Å². The van der Waals surface area contributed by atoms with E-state index in [-0.39, 0.29) is 0 Å². The summed E-state index contributed by atoms with van der Waals surface area (Å²) in [5, 5.41) is 19.7. The van der Waals surface area contributed by atoms with Gasteiger partial charge in [-0.1, -0.05) is 37.7 Å². The molecule has 0 heterocycles. The number of aliphatic hydroxyl groups excluding tert-OH is 2.